The SMILES string of the molecule is O=C(Nc1nc2c(s1)[C@@H]1COC[C@H](C2)N1c1cc(C2CCC(F)(F)CC2)on1)N[C@@H]1CCOC1. The van der Waals surface area contributed by atoms with Crippen molar-refractivity contribution in [3.8, 4) is 0 Å². The number of anilines is 2. The van der Waals surface area contributed by atoms with Crippen molar-refractivity contribution in [1.82, 2.24) is 15.5 Å². The van der Waals surface area contributed by atoms with Gasteiger partial charge in [0.25, 0.3) is 0 Å². The first-order valence-corrected chi connectivity index (χ1v) is 12.6. The van der Waals surface area contributed by atoms with E-state index in [-0.39, 0.29) is 42.9 Å². The van der Waals surface area contributed by atoms with Crippen molar-refractivity contribution in [3.63, 3.8) is 0 Å². The van der Waals surface area contributed by atoms with Gasteiger partial charge in [-0.05, 0) is 19.3 Å². The largest absolute Gasteiger partial charge is 0.379 e. The number of thiazole rings is 1. The van der Waals surface area contributed by atoms with Crippen molar-refractivity contribution in [3.05, 3.63) is 22.4 Å². The van der Waals surface area contributed by atoms with Crippen LogP contribution in [0.4, 0.5) is 24.5 Å². The van der Waals surface area contributed by atoms with E-state index in [9.17, 15) is 13.6 Å². The molecule has 34 heavy (non-hydrogen) atoms. The van der Waals surface area contributed by atoms with Crippen LogP contribution in [0.15, 0.2) is 10.6 Å². The van der Waals surface area contributed by atoms with Gasteiger partial charge < -0.3 is 24.2 Å². The maximum atomic E-state index is 13.6. The number of hydrogen-bond donors (Lipinski definition) is 2. The Bertz CT molecular complexity index is 1050. The van der Waals surface area contributed by atoms with Gasteiger partial charge in [-0.3, -0.25) is 5.32 Å². The summed E-state index contributed by atoms with van der Waals surface area (Å²) in [5, 5.41) is 10.6. The van der Waals surface area contributed by atoms with Crippen LogP contribution in [0.5, 0.6) is 0 Å². The number of alkyl halides is 2. The third-order valence-corrected chi connectivity index (χ3v) is 8.27. The third kappa shape index (κ3) is 4.27. The van der Waals surface area contributed by atoms with Gasteiger partial charge in [0, 0.05) is 37.9 Å². The number of nitrogens with one attached hydrogen (secondary N) is 2. The topological polar surface area (TPSA) is 102 Å². The van der Waals surface area contributed by atoms with Crippen molar-refractivity contribution in [1.29, 1.82) is 0 Å². The average molecular weight is 496 g/mol. The van der Waals surface area contributed by atoms with E-state index in [0.717, 1.165) is 17.0 Å². The number of fused-ring (bicyclic) bond motifs is 4. The van der Waals surface area contributed by atoms with Crippen LogP contribution in [0.3, 0.4) is 0 Å². The zero-order chi connectivity index (χ0) is 23.3. The Balaban J connectivity index is 1.18. The molecule has 1 saturated carbocycles. The van der Waals surface area contributed by atoms with E-state index in [0.29, 0.717) is 62.4 Å². The number of carbonyl (C=O) groups is 1. The predicted molar refractivity (Wildman–Crippen MR) is 120 cm³/mol. The maximum absolute atomic E-state index is 13.6. The van der Waals surface area contributed by atoms with Crippen LogP contribution in [-0.4, -0.2) is 60.6 Å². The summed E-state index contributed by atoms with van der Waals surface area (Å²) in [5.74, 6) is -1.22. The summed E-state index contributed by atoms with van der Waals surface area (Å²) < 4.78 is 43.9. The number of amides is 2. The summed E-state index contributed by atoms with van der Waals surface area (Å²) in [7, 11) is 0. The first-order chi connectivity index (χ1) is 16.4. The Morgan fingerprint density at radius 1 is 1.18 bits per heavy atom. The van der Waals surface area contributed by atoms with E-state index in [1.807, 2.05) is 6.07 Å². The Morgan fingerprint density at radius 2 is 2.03 bits per heavy atom. The lowest BCUT2D eigenvalue weighted by Gasteiger charge is -2.44. The zero-order valence-corrected chi connectivity index (χ0v) is 19.4. The Labute approximate surface area is 199 Å². The summed E-state index contributed by atoms with van der Waals surface area (Å²) in [5.41, 5.74) is 0.970. The number of morpholine rings is 1. The molecule has 0 unspecified atom stereocenters. The number of ether oxygens (including phenoxy) is 2. The van der Waals surface area contributed by atoms with Gasteiger partial charge >= 0.3 is 6.03 Å². The monoisotopic (exact) mass is 495 g/mol. The van der Waals surface area contributed by atoms with Crippen LogP contribution < -0.4 is 15.5 Å². The first-order valence-electron chi connectivity index (χ1n) is 11.8. The summed E-state index contributed by atoms with van der Waals surface area (Å²) in [4.78, 5) is 20.3. The second-order valence-electron chi connectivity index (χ2n) is 9.53. The molecule has 0 aromatic carbocycles. The molecule has 12 heteroatoms. The quantitative estimate of drug-likeness (QED) is 0.665. The van der Waals surface area contributed by atoms with E-state index in [1.54, 1.807) is 0 Å². The van der Waals surface area contributed by atoms with E-state index in [2.05, 4.69) is 25.7 Å². The van der Waals surface area contributed by atoms with Gasteiger partial charge in [0.15, 0.2) is 10.9 Å². The number of rotatable bonds is 4. The number of aromatic nitrogens is 2. The number of hydrogen-bond acceptors (Lipinski definition) is 8. The fourth-order valence-corrected chi connectivity index (χ4v) is 6.44. The minimum atomic E-state index is -2.57. The molecule has 9 nitrogen and oxygen atoms in total. The summed E-state index contributed by atoms with van der Waals surface area (Å²) >= 11 is 1.45. The fourth-order valence-electron chi connectivity index (χ4n) is 5.37. The second-order valence-corrected chi connectivity index (χ2v) is 10.6. The molecule has 2 saturated heterocycles. The van der Waals surface area contributed by atoms with Gasteiger partial charge in [0.2, 0.25) is 5.92 Å². The number of urea groups is 1. The molecular formula is C22H27F2N5O4S. The standard InChI is InChI=1S/C22H27F2N5O4S/c23-22(24)4-1-12(2-5-22)17-8-18(28-33-17)29-14-7-15-19(16(29)11-32-10-14)34-21(26-15)27-20(30)25-13-3-6-31-9-13/h8,12-14,16H,1-7,9-11H2,(H2,25,26,27,30)/t13-,14+,16+/m1/s1. The van der Waals surface area contributed by atoms with Crippen molar-refractivity contribution < 1.29 is 27.6 Å². The lowest BCUT2D eigenvalue weighted by atomic mass is 9.85. The van der Waals surface area contributed by atoms with E-state index in [1.165, 1.54) is 11.3 Å². The Kier molecular flexibility index (Phi) is 5.69. The lowest BCUT2D eigenvalue weighted by Crippen LogP contribution is -2.51. The lowest BCUT2D eigenvalue weighted by molar-refractivity contribution is -0.0398. The van der Waals surface area contributed by atoms with Crippen LogP contribution in [0.25, 0.3) is 0 Å². The second kappa shape index (κ2) is 8.72. The number of carbonyl (C=O) groups excluding carboxylic acids is 1. The molecule has 3 fully saturated rings. The summed E-state index contributed by atoms with van der Waals surface area (Å²) in [6, 6.07) is 1.60. The van der Waals surface area contributed by atoms with Crippen LogP contribution in [0.2, 0.25) is 0 Å². The van der Waals surface area contributed by atoms with Crippen molar-refractivity contribution in [2.75, 3.05) is 36.6 Å². The van der Waals surface area contributed by atoms with Crippen LogP contribution in [0.1, 0.15) is 60.4 Å². The minimum absolute atomic E-state index is 0.0226. The minimum Gasteiger partial charge on any atom is -0.379 e. The molecule has 5 heterocycles. The molecule has 3 aliphatic heterocycles. The van der Waals surface area contributed by atoms with E-state index >= 15 is 0 Å². The molecule has 0 spiro atoms. The maximum Gasteiger partial charge on any atom is 0.321 e. The highest BCUT2D eigenvalue weighted by Gasteiger charge is 2.43. The van der Waals surface area contributed by atoms with Gasteiger partial charge in [-0.15, -0.1) is 0 Å². The van der Waals surface area contributed by atoms with Crippen LogP contribution in [-0.2, 0) is 15.9 Å². The van der Waals surface area contributed by atoms with Crippen LogP contribution >= 0.6 is 11.3 Å². The number of halogens is 2. The predicted octanol–water partition coefficient (Wildman–Crippen LogP) is 3.84. The third-order valence-electron chi connectivity index (χ3n) is 7.16. The molecule has 2 aromatic rings. The van der Waals surface area contributed by atoms with E-state index < -0.39 is 5.92 Å². The van der Waals surface area contributed by atoms with Crippen molar-refractivity contribution >= 4 is 28.3 Å². The molecule has 3 atom stereocenters. The average Bonchev–Trinajstić information content (AvgIpc) is 3.55. The van der Waals surface area contributed by atoms with Gasteiger partial charge in [0.05, 0.1) is 48.5 Å². The van der Waals surface area contributed by atoms with Gasteiger partial charge in [-0.1, -0.05) is 16.5 Å². The molecule has 6 rings (SSSR count). The molecule has 4 aliphatic rings. The van der Waals surface area contributed by atoms with Gasteiger partial charge in [0.1, 0.15) is 5.76 Å². The summed E-state index contributed by atoms with van der Waals surface area (Å²) in [6.07, 6.45) is 2.05. The first kappa shape index (κ1) is 22.2. The molecule has 2 N–H and O–H groups in total. The molecule has 2 amide bonds. The normalized spacial score (nSPS) is 28.5. The van der Waals surface area contributed by atoms with Gasteiger partial charge in [-0.2, -0.15) is 0 Å². The van der Waals surface area contributed by atoms with Crippen molar-refractivity contribution in [2.45, 2.75) is 68.5 Å². The number of nitrogens with zero attached hydrogens (tertiary/aromatic N) is 3. The Hall–Kier alpha value is -2.31. The highest BCUT2D eigenvalue weighted by molar-refractivity contribution is 7.16. The smallest absolute Gasteiger partial charge is 0.321 e. The van der Waals surface area contributed by atoms with E-state index in [4.69, 9.17) is 14.0 Å². The molecule has 1 aliphatic carbocycles. The molecule has 0 radical (unpaired) electrons. The molecule has 2 aromatic heterocycles. The zero-order valence-electron chi connectivity index (χ0n) is 18.6. The van der Waals surface area contributed by atoms with Gasteiger partial charge in [-0.25, -0.2) is 18.6 Å². The highest BCUT2D eigenvalue weighted by atomic mass is 32.1. The Morgan fingerprint density at radius 3 is 2.82 bits per heavy atom. The molecule has 184 valence electrons. The van der Waals surface area contributed by atoms with Crippen molar-refractivity contribution in [2.24, 2.45) is 0 Å². The molecule has 2 bridgehead atoms. The van der Waals surface area contributed by atoms with Crippen LogP contribution in [0, 0.1) is 0 Å². The summed E-state index contributed by atoms with van der Waals surface area (Å²) in [6.45, 7) is 2.21. The fraction of sp³-hybridized carbons (Fsp3) is 0.682. The highest BCUT2D eigenvalue weighted by Crippen LogP contribution is 2.45. The molecular weight excluding hydrogens is 468 g/mol.